The Labute approximate surface area is 128 Å². The Balaban J connectivity index is 2.23. The molecule has 0 saturated carbocycles. The molecule has 0 aliphatic carbocycles. The van der Waals surface area contributed by atoms with Crippen LogP contribution in [0, 0.1) is 0 Å². The van der Waals surface area contributed by atoms with Gasteiger partial charge in [-0.1, -0.05) is 6.07 Å². The van der Waals surface area contributed by atoms with E-state index < -0.39 is 16.0 Å². The van der Waals surface area contributed by atoms with Crippen molar-refractivity contribution in [3.8, 4) is 5.75 Å². The molecule has 7 heteroatoms. The number of anilines is 1. The second kappa shape index (κ2) is 6.48. The third-order valence-electron chi connectivity index (χ3n) is 2.81. The van der Waals surface area contributed by atoms with Crippen LogP contribution in [0.5, 0.6) is 5.75 Å². The lowest BCUT2D eigenvalue weighted by atomic mass is 10.2. The first-order chi connectivity index (χ1) is 10.4. The van der Waals surface area contributed by atoms with Gasteiger partial charge in [-0.3, -0.25) is 4.72 Å². The highest BCUT2D eigenvalue weighted by Crippen LogP contribution is 2.21. The number of nitrogens with one attached hydrogen (secondary N) is 1. The zero-order valence-electron chi connectivity index (χ0n) is 11.8. The molecule has 2 rings (SSSR count). The summed E-state index contributed by atoms with van der Waals surface area (Å²) in [5, 5.41) is 8.82. The Hall–Kier alpha value is -2.54. The van der Waals surface area contributed by atoms with Crippen molar-refractivity contribution in [2.45, 2.75) is 11.8 Å². The second-order valence-corrected chi connectivity index (χ2v) is 6.08. The van der Waals surface area contributed by atoms with Crippen LogP contribution >= 0.6 is 0 Å². The van der Waals surface area contributed by atoms with E-state index in [1.165, 1.54) is 24.3 Å². The minimum atomic E-state index is -3.79. The highest BCUT2D eigenvalue weighted by molar-refractivity contribution is 7.92. The number of sulfonamides is 1. The van der Waals surface area contributed by atoms with E-state index in [1.54, 1.807) is 24.3 Å². The first kappa shape index (κ1) is 15.8. The molecule has 0 atom stereocenters. The molecule has 116 valence electrons. The lowest BCUT2D eigenvalue weighted by Gasteiger charge is -2.10. The zero-order valence-corrected chi connectivity index (χ0v) is 12.6. The summed E-state index contributed by atoms with van der Waals surface area (Å²) in [6, 6.07) is 11.6. The van der Waals surface area contributed by atoms with Crippen LogP contribution in [0.15, 0.2) is 53.4 Å². The van der Waals surface area contributed by atoms with E-state index in [-0.39, 0.29) is 10.5 Å². The molecule has 0 aliphatic rings. The van der Waals surface area contributed by atoms with Gasteiger partial charge in [0.15, 0.2) is 0 Å². The molecule has 0 unspecified atom stereocenters. The summed E-state index contributed by atoms with van der Waals surface area (Å²) < 4.78 is 32.2. The van der Waals surface area contributed by atoms with E-state index in [2.05, 4.69) is 4.72 Å². The van der Waals surface area contributed by atoms with Crippen molar-refractivity contribution >= 4 is 21.7 Å². The van der Waals surface area contributed by atoms with Gasteiger partial charge >= 0.3 is 5.97 Å². The quantitative estimate of drug-likeness (QED) is 0.853. The van der Waals surface area contributed by atoms with E-state index in [0.717, 1.165) is 0 Å². The first-order valence-corrected chi connectivity index (χ1v) is 8.00. The van der Waals surface area contributed by atoms with E-state index in [4.69, 9.17) is 9.84 Å². The monoisotopic (exact) mass is 321 g/mol. The van der Waals surface area contributed by atoms with Crippen molar-refractivity contribution in [3.05, 3.63) is 54.1 Å². The molecule has 0 aromatic heterocycles. The molecule has 0 radical (unpaired) electrons. The Morgan fingerprint density at radius 3 is 2.45 bits per heavy atom. The van der Waals surface area contributed by atoms with E-state index in [0.29, 0.717) is 18.0 Å². The topological polar surface area (TPSA) is 92.7 Å². The highest BCUT2D eigenvalue weighted by Gasteiger charge is 2.15. The maximum absolute atomic E-state index is 12.3. The van der Waals surface area contributed by atoms with Gasteiger partial charge in [-0.05, 0) is 43.3 Å². The summed E-state index contributed by atoms with van der Waals surface area (Å²) in [4.78, 5) is 10.8. The molecule has 0 heterocycles. The fraction of sp³-hybridized carbons (Fsp3) is 0.133. The number of carboxylic acid groups (broad SMARTS) is 1. The Bertz CT molecular complexity index is 769. The number of rotatable bonds is 6. The van der Waals surface area contributed by atoms with Crippen LogP contribution in [-0.2, 0) is 10.0 Å². The molecule has 6 nitrogen and oxygen atoms in total. The lowest BCUT2D eigenvalue weighted by Crippen LogP contribution is -2.13. The van der Waals surface area contributed by atoms with Crippen LogP contribution in [0.4, 0.5) is 5.69 Å². The van der Waals surface area contributed by atoms with Gasteiger partial charge in [0.05, 0.1) is 22.8 Å². The van der Waals surface area contributed by atoms with Gasteiger partial charge in [0.25, 0.3) is 10.0 Å². The summed E-state index contributed by atoms with van der Waals surface area (Å²) in [7, 11) is -3.79. The largest absolute Gasteiger partial charge is 0.494 e. The normalized spacial score (nSPS) is 11.0. The molecule has 0 amide bonds. The fourth-order valence-electron chi connectivity index (χ4n) is 1.81. The summed E-state index contributed by atoms with van der Waals surface area (Å²) in [5.41, 5.74) is 0.394. The first-order valence-electron chi connectivity index (χ1n) is 6.51. The molecule has 2 aromatic carbocycles. The Kier molecular flexibility index (Phi) is 4.67. The SMILES string of the molecule is CCOc1cccc(NS(=O)(=O)c2ccc(C(=O)O)cc2)c1. The van der Waals surface area contributed by atoms with Gasteiger partial charge in [0.1, 0.15) is 5.75 Å². The molecular weight excluding hydrogens is 306 g/mol. The van der Waals surface area contributed by atoms with E-state index >= 15 is 0 Å². The molecule has 0 bridgehead atoms. The predicted octanol–water partition coefficient (Wildman–Crippen LogP) is 2.58. The maximum atomic E-state index is 12.3. The lowest BCUT2D eigenvalue weighted by molar-refractivity contribution is 0.0696. The fourth-order valence-corrected chi connectivity index (χ4v) is 2.86. The minimum absolute atomic E-state index is 0.0145. The summed E-state index contributed by atoms with van der Waals surface area (Å²) >= 11 is 0. The highest BCUT2D eigenvalue weighted by atomic mass is 32.2. The minimum Gasteiger partial charge on any atom is -0.494 e. The van der Waals surface area contributed by atoms with Crippen LogP contribution in [-0.4, -0.2) is 26.1 Å². The third-order valence-corrected chi connectivity index (χ3v) is 4.21. The number of hydrogen-bond acceptors (Lipinski definition) is 4. The van der Waals surface area contributed by atoms with E-state index in [9.17, 15) is 13.2 Å². The van der Waals surface area contributed by atoms with Gasteiger partial charge < -0.3 is 9.84 Å². The van der Waals surface area contributed by atoms with Crippen LogP contribution in [0.2, 0.25) is 0 Å². The molecule has 2 N–H and O–H groups in total. The van der Waals surface area contributed by atoms with Crippen LogP contribution in [0.25, 0.3) is 0 Å². The molecule has 2 aromatic rings. The third kappa shape index (κ3) is 3.76. The molecule has 0 saturated heterocycles. The molecular formula is C15H15NO5S. The zero-order chi connectivity index (χ0) is 16.2. The molecule has 0 aliphatic heterocycles. The van der Waals surface area contributed by atoms with Crippen molar-refractivity contribution in [2.24, 2.45) is 0 Å². The smallest absolute Gasteiger partial charge is 0.335 e. The van der Waals surface area contributed by atoms with Gasteiger partial charge in [-0.2, -0.15) is 0 Å². The number of carbonyl (C=O) groups is 1. The van der Waals surface area contributed by atoms with Crippen molar-refractivity contribution in [2.75, 3.05) is 11.3 Å². The van der Waals surface area contributed by atoms with Crippen molar-refractivity contribution in [1.82, 2.24) is 0 Å². The van der Waals surface area contributed by atoms with Gasteiger partial charge in [0.2, 0.25) is 0 Å². The van der Waals surface area contributed by atoms with Gasteiger partial charge in [-0.25, -0.2) is 13.2 Å². The van der Waals surface area contributed by atoms with Crippen LogP contribution in [0.1, 0.15) is 17.3 Å². The number of ether oxygens (including phenoxy) is 1. The second-order valence-electron chi connectivity index (χ2n) is 4.40. The van der Waals surface area contributed by atoms with Crippen molar-refractivity contribution in [3.63, 3.8) is 0 Å². The molecule has 22 heavy (non-hydrogen) atoms. The van der Waals surface area contributed by atoms with Crippen molar-refractivity contribution < 1.29 is 23.1 Å². The predicted molar refractivity (Wildman–Crippen MR) is 81.8 cm³/mol. The number of benzene rings is 2. The van der Waals surface area contributed by atoms with E-state index in [1.807, 2.05) is 6.92 Å². The van der Waals surface area contributed by atoms with Crippen LogP contribution < -0.4 is 9.46 Å². The number of hydrogen-bond donors (Lipinski definition) is 2. The number of carboxylic acids is 1. The summed E-state index contributed by atoms with van der Waals surface area (Å²) in [5.74, 6) is -0.551. The standard InChI is InChI=1S/C15H15NO5S/c1-2-21-13-5-3-4-12(10-13)16-22(19,20)14-8-6-11(7-9-14)15(17)18/h3-10,16H,2H2,1H3,(H,17,18). The number of aromatic carboxylic acids is 1. The average molecular weight is 321 g/mol. The van der Waals surface area contributed by atoms with Gasteiger partial charge in [-0.15, -0.1) is 0 Å². The summed E-state index contributed by atoms with van der Waals surface area (Å²) in [6.45, 7) is 2.31. The summed E-state index contributed by atoms with van der Waals surface area (Å²) in [6.07, 6.45) is 0. The van der Waals surface area contributed by atoms with Crippen LogP contribution in [0.3, 0.4) is 0 Å². The molecule has 0 fully saturated rings. The molecule has 0 spiro atoms. The van der Waals surface area contributed by atoms with Crippen molar-refractivity contribution in [1.29, 1.82) is 0 Å². The maximum Gasteiger partial charge on any atom is 0.335 e. The average Bonchev–Trinajstić information content (AvgIpc) is 2.47. The Morgan fingerprint density at radius 2 is 1.86 bits per heavy atom. The Morgan fingerprint density at radius 1 is 1.18 bits per heavy atom. The van der Waals surface area contributed by atoms with Gasteiger partial charge in [0, 0.05) is 6.07 Å².